The van der Waals surface area contributed by atoms with Crippen LogP contribution < -0.4 is 14.2 Å². The van der Waals surface area contributed by atoms with Gasteiger partial charge in [0.25, 0.3) is 0 Å². The molecule has 6 heteroatoms. The third-order valence-electron chi connectivity index (χ3n) is 4.32. The highest BCUT2D eigenvalue weighted by molar-refractivity contribution is 5.90. The van der Waals surface area contributed by atoms with Crippen LogP contribution in [-0.4, -0.2) is 31.8 Å². The van der Waals surface area contributed by atoms with Crippen LogP contribution in [0.1, 0.15) is 21.5 Å². The van der Waals surface area contributed by atoms with Gasteiger partial charge in [0.15, 0.2) is 6.61 Å². The molecule has 0 N–H and O–H groups in total. The van der Waals surface area contributed by atoms with E-state index < -0.39 is 11.9 Å². The van der Waals surface area contributed by atoms with Gasteiger partial charge in [-0.2, -0.15) is 0 Å². The number of aryl methyl sites for hydroxylation is 2. The molecule has 3 aromatic carbocycles. The Morgan fingerprint density at radius 1 is 0.774 bits per heavy atom. The summed E-state index contributed by atoms with van der Waals surface area (Å²) in [4.78, 5) is 24.4. The summed E-state index contributed by atoms with van der Waals surface area (Å²) in [6.07, 6.45) is 0. The van der Waals surface area contributed by atoms with Crippen molar-refractivity contribution in [1.29, 1.82) is 0 Å². The number of esters is 2. The number of hydrogen-bond acceptors (Lipinski definition) is 6. The van der Waals surface area contributed by atoms with E-state index in [0.29, 0.717) is 11.5 Å². The van der Waals surface area contributed by atoms with Crippen LogP contribution in [0, 0.1) is 13.8 Å². The van der Waals surface area contributed by atoms with E-state index >= 15 is 0 Å². The fourth-order valence-electron chi connectivity index (χ4n) is 2.74. The smallest absolute Gasteiger partial charge is 0.349 e. The molecule has 0 aliphatic heterocycles. The van der Waals surface area contributed by atoms with Crippen molar-refractivity contribution in [3.63, 3.8) is 0 Å². The maximum atomic E-state index is 12.2. The second-order valence-corrected chi connectivity index (χ2v) is 6.86. The Balaban J connectivity index is 1.46. The summed E-state index contributed by atoms with van der Waals surface area (Å²) in [5, 5.41) is 0. The van der Waals surface area contributed by atoms with Crippen molar-refractivity contribution >= 4 is 11.9 Å². The van der Waals surface area contributed by atoms with Crippen molar-refractivity contribution in [2.45, 2.75) is 13.8 Å². The molecule has 3 aromatic rings. The van der Waals surface area contributed by atoms with E-state index in [-0.39, 0.29) is 31.1 Å². The molecule has 0 spiro atoms. The van der Waals surface area contributed by atoms with Crippen molar-refractivity contribution in [2.24, 2.45) is 0 Å². The Hall–Kier alpha value is -3.80. The summed E-state index contributed by atoms with van der Waals surface area (Å²) >= 11 is 0. The molecule has 0 amide bonds. The second kappa shape index (κ2) is 10.8. The summed E-state index contributed by atoms with van der Waals surface area (Å²) in [5.74, 6) is 0.482. The third kappa shape index (κ3) is 6.89. The maximum absolute atomic E-state index is 12.2. The summed E-state index contributed by atoms with van der Waals surface area (Å²) < 4.78 is 21.5. The molecule has 0 atom stereocenters. The Labute approximate surface area is 181 Å². The molecule has 160 valence electrons. The molecule has 0 heterocycles. The van der Waals surface area contributed by atoms with Crippen LogP contribution in [-0.2, 0) is 9.53 Å². The standard InChI is InChI=1S/C25H24O6/c1-18-11-12-19(2)23(15-18)30-17-24(26)31-22-10-6-7-20(16-22)25(27)29-14-13-28-21-8-4-3-5-9-21/h3-12,15-16H,13-14,17H2,1-2H3. The van der Waals surface area contributed by atoms with E-state index in [9.17, 15) is 9.59 Å². The topological polar surface area (TPSA) is 71.1 Å². The van der Waals surface area contributed by atoms with Crippen molar-refractivity contribution in [3.05, 3.63) is 89.5 Å². The van der Waals surface area contributed by atoms with Gasteiger partial charge in [-0.05, 0) is 61.4 Å². The van der Waals surface area contributed by atoms with Gasteiger partial charge in [-0.1, -0.05) is 36.4 Å². The second-order valence-electron chi connectivity index (χ2n) is 6.86. The molecule has 0 fully saturated rings. The van der Waals surface area contributed by atoms with Crippen LogP contribution in [0.5, 0.6) is 17.2 Å². The first-order chi connectivity index (χ1) is 15.0. The first kappa shape index (κ1) is 21.9. The van der Waals surface area contributed by atoms with E-state index in [1.54, 1.807) is 18.2 Å². The highest BCUT2D eigenvalue weighted by Gasteiger charge is 2.12. The van der Waals surface area contributed by atoms with E-state index in [1.165, 1.54) is 6.07 Å². The monoisotopic (exact) mass is 420 g/mol. The van der Waals surface area contributed by atoms with Gasteiger partial charge in [-0.15, -0.1) is 0 Å². The average molecular weight is 420 g/mol. The lowest BCUT2D eigenvalue weighted by atomic mass is 10.1. The summed E-state index contributed by atoms with van der Waals surface area (Å²) in [7, 11) is 0. The van der Waals surface area contributed by atoms with E-state index in [2.05, 4.69) is 0 Å². The lowest BCUT2D eigenvalue weighted by Crippen LogP contribution is -2.18. The highest BCUT2D eigenvalue weighted by Crippen LogP contribution is 2.19. The van der Waals surface area contributed by atoms with Gasteiger partial charge >= 0.3 is 11.9 Å². The molecular weight excluding hydrogens is 396 g/mol. The van der Waals surface area contributed by atoms with Gasteiger partial charge in [0.05, 0.1) is 5.56 Å². The number of carbonyl (C=O) groups excluding carboxylic acids is 2. The Kier molecular flexibility index (Phi) is 7.65. The summed E-state index contributed by atoms with van der Waals surface area (Å²) in [5.41, 5.74) is 2.24. The summed E-state index contributed by atoms with van der Waals surface area (Å²) in [6.45, 7) is 3.94. The highest BCUT2D eigenvalue weighted by atomic mass is 16.6. The molecule has 0 radical (unpaired) electrons. The molecule has 0 aromatic heterocycles. The number of para-hydroxylation sites is 1. The van der Waals surface area contributed by atoms with Crippen LogP contribution in [0.15, 0.2) is 72.8 Å². The van der Waals surface area contributed by atoms with Crippen LogP contribution in [0.2, 0.25) is 0 Å². The number of carbonyl (C=O) groups is 2. The number of benzene rings is 3. The van der Waals surface area contributed by atoms with Crippen LogP contribution in [0.25, 0.3) is 0 Å². The maximum Gasteiger partial charge on any atom is 0.349 e. The van der Waals surface area contributed by atoms with E-state index in [4.69, 9.17) is 18.9 Å². The van der Waals surface area contributed by atoms with Crippen molar-refractivity contribution in [1.82, 2.24) is 0 Å². The lowest BCUT2D eigenvalue weighted by molar-refractivity contribution is -0.136. The first-order valence-electron chi connectivity index (χ1n) is 9.87. The van der Waals surface area contributed by atoms with Crippen molar-refractivity contribution < 1.29 is 28.5 Å². The van der Waals surface area contributed by atoms with Crippen LogP contribution in [0.4, 0.5) is 0 Å². The molecule has 3 rings (SSSR count). The third-order valence-corrected chi connectivity index (χ3v) is 4.32. The Morgan fingerprint density at radius 3 is 2.35 bits per heavy atom. The molecule has 31 heavy (non-hydrogen) atoms. The van der Waals surface area contributed by atoms with Crippen LogP contribution >= 0.6 is 0 Å². The quantitative estimate of drug-likeness (QED) is 0.288. The minimum absolute atomic E-state index is 0.0986. The number of rotatable bonds is 9. The Morgan fingerprint density at radius 2 is 1.55 bits per heavy atom. The average Bonchev–Trinajstić information content (AvgIpc) is 2.78. The fraction of sp³-hybridized carbons (Fsp3) is 0.200. The molecule has 0 bridgehead atoms. The first-order valence-corrected chi connectivity index (χ1v) is 9.87. The normalized spacial score (nSPS) is 10.3. The van der Waals surface area contributed by atoms with Crippen molar-refractivity contribution in [2.75, 3.05) is 19.8 Å². The van der Waals surface area contributed by atoms with Gasteiger partial charge in [0.1, 0.15) is 30.5 Å². The molecule has 0 saturated heterocycles. The molecular formula is C25H24O6. The fourth-order valence-corrected chi connectivity index (χ4v) is 2.74. The molecule has 0 aliphatic rings. The van der Waals surface area contributed by atoms with Gasteiger partial charge in [-0.3, -0.25) is 0 Å². The molecule has 0 aliphatic carbocycles. The molecule has 0 saturated carbocycles. The van der Waals surface area contributed by atoms with Crippen LogP contribution in [0.3, 0.4) is 0 Å². The van der Waals surface area contributed by atoms with Gasteiger partial charge in [0.2, 0.25) is 0 Å². The van der Waals surface area contributed by atoms with Crippen molar-refractivity contribution in [3.8, 4) is 17.2 Å². The minimum atomic E-state index is -0.567. The van der Waals surface area contributed by atoms with Gasteiger partial charge in [-0.25, -0.2) is 9.59 Å². The zero-order chi connectivity index (χ0) is 22.1. The SMILES string of the molecule is Cc1ccc(C)c(OCC(=O)Oc2cccc(C(=O)OCCOc3ccccc3)c2)c1. The van der Waals surface area contributed by atoms with Gasteiger partial charge < -0.3 is 18.9 Å². The Bertz CT molecular complexity index is 1030. The largest absolute Gasteiger partial charge is 0.490 e. The van der Waals surface area contributed by atoms with E-state index in [0.717, 1.165) is 11.1 Å². The zero-order valence-electron chi connectivity index (χ0n) is 17.5. The summed E-state index contributed by atoms with van der Waals surface area (Å²) in [6, 6.07) is 21.3. The molecule has 6 nitrogen and oxygen atoms in total. The van der Waals surface area contributed by atoms with Gasteiger partial charge in [0, 0.05) is 0 Å². The minimum Gasteiger partial charge on any atom is -0.490 e. The molecule has 0 unspecified atom stereocenters. The zero-order valence-corrected chi connectivity index (χ0v) is 17.5. The lowest BCUT2D eigenvalue weighted by Gasteiger charge is -2.10. The number of ether oxygens (including phenoxy) is 4. The predicted octanol–water partition coefficient (Wildman–Crippen LogP) is 4.52. The van der Waals surface area contributed by atoms with E-state index in [1.807, 2.05) is 62.4 Å². The predicted molar refractivity (Wildman–Crippen MR) is 116 cm³/mol. The number of hydrogen-bond donors (Lipinski definition) is 0.